The molecule has 1 saturated carbocycles. The van der Waals surface area contributed by atoms with Crippen molar-refractivity contribution in [1.82, 2.24) is 9.97 Å². The number of hydrogen-bond donors (Lipinski definition) is 1. The summed E-state index contributed by atoms with van der Waals surface area (Å²) in [4.78, 5) is 22.8. The molecule has 0 bridgehead atoms. The summed E-state index contributed by atoms with van der Waals surface area (Å²) in [5, 5.41) is 11.6. The van der Waals surface area contributed by atoms with E-state index in [-0.39, 0.29) is 18.4 Å². The molecule has 0 saturated heterocycles. The van der Waals surface area contributed by atoms with Gasteiger partial charge in [-0.1, -0.05) is 24.6 Å². The molecule has 1 aromatic heterocycles. The number of rotatable bonds is 5. The van der Waals surface area contributed by atoms with Crippen LogP contribution < -0.4 is 4.90 Å². The van der Waals surface area contributed by atoms with Crippen LogP contribution >= 0.6 is 11.8 Å². The Kier molecular flexibility index (Phi) is 5.40. The minimum Gasteiger partial charge on any atom is -0.466 e. The topological polar surface area (TPSA) is 75.5 Å². The van der Waals surface area contributed by atoms with Gasteiger partial charge in [-0.25, -0.2) is 9.97 Å². The van der Waals surface area contributed by atoms with E-state index in [1.807, 2.05) is 17.2 Å². The average Bonchev–Trinajstić information content (AvgIpc) is 3.09. The Bertz CT molecular complexity index is 644. The van der Waals surface area contributed by atoms with E-state index < -0.39 is 6.23 Å². The van der Waals surface area contributed by atoms with Gasteiger partial charge in [-0.2, -0.15) is 0 Å². The second-order valence-electron chi connectivity index (χ2n) is 6.06. The number of anilines is 1. The predicted molar refractivity (Wildman–Crippen MR) is 93.8 cm³/mol. The summed E-state index contributed by atoms with van der Waals surface area (Å²) in [6, 6.07) is 0.245. The summed E-state index contributed by atoms with van der Waals surface area (Å²) >= 11 is 1.48. The first kappa shape index (κ1) is 17.2. The normalized spacial score (nSPS) is 20.7. The van der Waals surface area contributed by atoms with Crippen molar-refractivity contribution < 1.29 is 14.6 Å². The van der Waals surface area contributed by atoms with Crippen LogP contribution in [0.1, 0.15) is 44.6 Å². The molecule has 0 amide bonds. The van der Waals surface area contributed by atoms with Crippen molar-refractivity contribution in [3.05, 3.63) is 17.3 Å². The molecule has 24 heavy (non-hydrogen) atoms. The molecule has 3 rings (SSSR count). The molecule has 2 heterocycles. The number of aliphatic hydroxyl groups excluding tert-OH is 1. The highest BCUT2D eigenvalue weighted by atomic mass is 32.2. The van der Waals surface area contributed by atoms with E-state index >= 15 is 0 Å². The molecule has 1 N–H and O–H groups in total. The molecule has 1 aliphatic heterocycles. The Morgan fingerprint density at radius 3 is 2.88 bits per heavy atom. The van der Waals surface area contributed by atoms with Gasteiger partial charge in [0.2, 0.25) is 0 Å². The van der Waals surface area contributed by atoms with Crippen LogP contribution in [0.5, 0.6) is 0 Å². The van der Waals surface area contributed by atoms with E-state index in [0.717, 1.165) is 37.1 Å². The molecule has 0 radical (unpaired) electrons. The van der Waals surface area contributed by atoms with E-state index in [1.165, 1.54) is 11.8 Å². The van der Waals surface area contributed by atoms with Gasteiger partial charge in [-0.15, -0.1) is 0 Å². The lowest BCUT2D eigenvalue weighted by molar-refractivity contribution is -0.142. The molecule has 1 atom stereocenters. The second kappa shape index (κ2) is 7.53. The van der Waals surface area contributed by atoms with E-state index in [2.05, 4.69) is 9.97 Å². The van der Waals surface area contributed by atoms with Crippen LogP contribution in [0.15, 0.2) is 16.9 Å². The zero-order valence-electron chi connectivity index (χ0n) is 14.1. The average molecular weight is 349 g/mol. The first-order valence-electron chi connectivity index (χ1n) is 8.37. The van der Waals surface area contributed by atoms with E-state index in [9.17, 15) is 9.90 Å². The van der Waals surface area contributed by atoms with Gasteiger partial charge < -0.3 is 14.7 Å². The number of thioether (sulfide) groups is 1. The third-order valence-corrected chi connectivity index (χ3v) is 5.07. The van der Waals surface area contributed by atoms with Gasteiger partial charge >= 0.3 is 5.97 Å². The van der Waals surface area contributed by atoms with Crippen molar-refractivity contribution in [2.75, 3.05) is 17.8 Å². The summed E-state index contributed by atoms with van der Waals surface area (Å²) < 4.78 is 5.03. The Morgan fingerprint density at radius 2 is 2.21 bits per heavy atom. The van der Waals surface area contributed by atoms with Crippen molar-refractivity contribution in [1.29, 1.82) is 0 Å². The molecule has 1 unspecified atom stereocenters. The van der Waals surface area contributed by atoms with Gasteiger partial charge in [0, 0.05) is 17.8 Å². The number of nitrogens with zero attached hydrogens (tertiary/aromatic N) is 3. The number of esters is 1. The van der Waals surface area contributed by atoms with Gasteiger partial charge in [0.25, 0.3) is 0 Å². The third-order valence-electron chi connectivity index (χ3n) is 4.51. The van der Waals surface area contributed by atoms with Gasteiger partial charge in [-0.3, -0.25) is 4.79 Å². The van der Waals surface area contributed by atoms with Crippen LogP contribution in [0.2, 0.25) is 0 Å². The van der Waals surface area contributed by atoms with Crippen molar-refractivity contribution in [2.45, 2.75) is 56.5 Å². The number of hydrogen-bond acceptors (Lipinski definition) is 7. The summed E-state index contributed by atoms with van der Waals surface area (Å²) in [6.45, 7) is 2.12. The molecule has 2 aliphatic rings. The second-order valence-corrected chi connectivity index (χ2v) is 6.83. The van der Waals surface area contributed by atoms with Crippen LogP contribution in [-0.2, 0) is 9.53 Å². The summed E-state index contributed by atoms with van der Waals surface area (Å²) in [5.41, 5.74) is 1.50. The molecule has 7 heteroatoms. The number of ether oxygens (including phenoxy) is 1. The molecule has 1 aliphatic carbocycles. The Hall–Kier alpha value is -1.60. The molecule has 0 aromatic carbocycles. The highest BCUT2D eigenvalue weighted by Crippen LogP contribution is 2.37. The number of carbonyl (C=O) groups excluding carboxylic acids is 1. The van der Waals surface area contributed by atoms with Crippen LogP contribution in [0.25, 0.3) is 6.08 Å². The quantitative estimate of drug-likeness (QED) is 0.497. The predicted octanol–water partition coefficient (Wildman–Crippen LogP) is 2.62. The van der Waals surface area contributed by atoms with E-state index in [1.54, 1.807) is 13.1 Å². The maximum Gasteiger partial charge on any atom is 0.310 e. The summed E-state index contributed by atoms with van der Waals surface area (Å²) in [6.07, 6.45) is 9.14. The smallest absolute Gasteiger partial charge is 0.310 e. The maximum absolute atomic E-state index is 11.9. The Balaban J connectivity index is 1.97. The Labute approximate surface area is 146 Å². The van der Waals surface area contributed by atoms with E-state index in [0.29, 0.717) is 17.3 Å². The van der Waals surface area contributed by atoms with Crippen LogP contribution in [-0.4, -0.2) is 46.2 Å². The molecular weight excluding hydrogens is 326 g/mol. The number of fused-ring (bicyclic) bond motifs is 1. The van der Waals surface area contributed by atoms with Gasteiger partial charge in [0.15, 0.2) is 11.4 Å². The molecule has 130 valence electrons. The fourth-order valence-electron chi connectivity index (χ4n) is 3.42. The lowest BCUT2D eigenvalue weighted by Gasteiger charge is -2.39. The van der Waals surface area contributed by atoms with Crippen molar-refractivity contribution in [3.63, 3.8) is 0 Å². The van der Waals surface area contributed by atoms with Crippen LogP contribution in [0.3, 0.4) is 0 Å². The largest absolute Gasteiger partial charge is 0.466 e. The zero-order valence-corrected chi connectivity index (χ0v) is 14.9. The van der Waals surface area contributed by atoms with Gasteiger partial charge in [-0.05, 0) is 37.7 Å². The van der Waals surface area contributed by atoms with Crippen molar-refractivity contribution >= 4 is 29.6 Å². The third kappa shape index (κ3) is 3.42. The summed E-state index contributed by atoms with van der Waals surface area (Å²) in [7, 11) is 0. The first-order valence-corrected chi connectivity index (χ1v) is 9.60. The minimum atomic E-state index is -0.838. The highest BCUT2D eigenvalue weighted by Gasteiger charge is 2.35. The molecule has 1 aromatic rings. The van der Waals surface area contributed by atoms with Gasteiger partial charge in [0.05, 0.1) is 13.0 Å². The zero-order chi connectivity index (χ0) is 17.1. The molecule has 1 fully saturated rings. The van der Waals surface area contributed by atoms with Gasteiger partial charge in [0.1, 0.15) is 5.82 Å². The van der Waals surface area contributed by atoms with Crippen LogP contribution in [0, 0.1) is 0 Å². The lowest BCUT2D eigenvalue weighted by atomic mass is 10.00. The molecule has 6 nitrogen and oxygen atoms in total. The Morgan fingerprint density at radius 1 is 1.46 bits per heavy atom. The first-order chi connectivity index (χ1) is 11.6. The molecular formula is C17H23N3O3S. The number of aliphatic hydroxyl groups is 1. The fraction of sp³-hybridized carbons (Fsp3) is 0.588. The highest BCUT2D eigenvalue weighted by molar-refractivity contribution is 7.98. The number of carbonyl (C=O) groups is 1. The van der Waals surface area contributed by atoms with E-state index in [4.69, 9.17) is 4.74 Å². The van der Waals surface area contributed by atoms with Crippen molar-refractivity contribution in [3.8, 4) is 0 Å². The number of aromatic nitrogens is 2. The maximum atomic E-state index is 11.9. The lowest BCUT2D eigenvalue weighted by Crippen LogP contribution is -2.46. The van der Waals surface area contributed by atoms with Crippen molar-refractivity contribution in [2.24, 2.45) is 0 Å². The van der Waals surface area contributed by atoms with Crippen LogP contribution in [0.4, 0.5) is 5.82 Å². The minimum absolute atomic E-state index is 0.0853. The standard InChI is InChI=1S/C17H23N3O3S/c1-3-23-14(21)9-11-8-12-10-18-17(24-2)19-15(12)20(16(11)22)13-6-4-5-7-13/h8,10,13,16,22H,3-7,9H2,1-2H3. The molecule has 0 spiro atoms. The fourth-order valence-corrected chi connectivity index (χ4v) is 3.75. The SMILES string of the molecule is CCOC(=O)CC1=Cc2cnc(SC)nc2N(C2CCCC2)C1O. The monoisotopic (exact) mass is 349 g/mol. The summed E-state index contributed by atoms with van der Waals surface area (Å²) in [5.74, 6) is 0.445.